The summed E-state index contributed by atoms with van der Waals surface area (Å²) in [5.74, 6) is 0.348. The van der Waals surface area contributed by atoms with E-state index in [0.29, 0.717) is 34.5 Å². The van der Waals surface area contributed by atoms with E-state index in [1.165, 1.54) is 16.9 Å². The average molecular weight is 535 g/mol. The Balaban J connectivity index is 1.58. The highest BCUT2D eigenvalue weighted by molar-refractivity contribution is 7.21. The lowest BCUT2D eigenvalue weighted by Gasteiger charge is -2.31. The van der Waals surface area contributed by atoms with Crippen LogP contribution < -0.4 is 10.6 Å². The summed E-state index contributed by atoms with van der Waals surface area (Å²) in [6.07, 6.45) is -0.392. The van der Waals surface area contributed by atoms with E-state index in [1.807, 2.05) is 33.8 Å². The Morgan fingerprint density at radius 1 is 1.05 bits per heavy atom. The molecule has 0 spiro atoms. The van der Waals surface area contributed by atoms with Gasteiger partial charge in [0, 0.05) is 18.2 Å². The molecule has 1 aromatic carbocycles. The molecule has 0 saturated heterocycles. The second-order valence-corrected chi connectivity index (χ2v) is 11.4. The highest BCUT2D eigenvalue weighted by Crippen LogP contribution is 2.41. The van der Waals surface area contributed by atoms with Gasteiger partial charge in [-0.1, -0.05) is 29.8 Å². The van der Waals surface area contributed by atoms with Gasteiger partial charge in [0.25, 0.3) is 0 Å². The molecule has 4 unspecified atom stereocenters. The van der Waals surface area contributed by atoms with Gasteiger partial charge in [-0.25, -0.2) is 9.97 Å². The lowest BCUT2D eigenvalue weighted by atomic mass is 10.0. The number of rotatable bonds is 7. The zero-order valence-corrected chi connectivity index (χ0v) is 23.1. The third kappa shape index (κ3) is 4.96. The Hall–Kier alpha value is -3.18. The molecular formula is C28H34N6O3S. The van der Waals surface area contributed by atoms with Gasteiger partial charge in [0.1, 0.15) is 22.4 Å². The Morgan fingerprint density at radius 2 is 1.79 bits per heavy atom. The first kappa shape index (κ1) is 26.4. The number of nitrogens with one attached hydrogen (secondary N) is 2. The number of aryl methyl sites for hydroxylation is 4. The lowest BCUT2D eigenvalue weighted by molar-refractivity contribution is -0.0545. The summed E-state index contributed by atoms with van der Waals surface area (Å²) < 4.78 is 1.01. The van der Waals surface area contributed by atoms with Crippen molar-refractivity contribution in [3.63, 3.8) is 0 Å². The fourth-order valence-electron chi connectivity index (χ4n) is 5.09. The number of benzene rings is 1. The van der Waals surface area contributed by atoms with Crippen LogP contribution in [0.3, 0.4) is 0 Å². The van der Waals surface area contributed by atoms with Crippen LogP contribution in [0.2, 0.25) is 0 Å². The van der Waals surface area contributed by atoms with Crippen molar-refractivity contribution in [2.45, 2.75) is 65.3 Å². The first-order chi connectivity index (χ1) is 18.1. The van der Waals surface area contributed by atoms with Crippen molar-refractivity contribution in [3.8, 4) is 10.6 Å². The molecule has 1 fully saturated rings. The number of hydrogen-bond donors (Lipinski definition) is 5. The largest absolute Gasteiger partial charge is 0.396 e. The Bertz CT molecular complexity index is 1470. The van der Waals surface area contributed by atoms with Gasteiger partial charge in [-0.2, -0.15) is 4.98 Å². The fourth-order valence-corrected chi connectivity index (χ4v) is 6.30. The molecule has 5 rings (SSSR count). The molecule has 0 radical (unpaired) electrons. The number of thiazole rings is 1. The van der Waals surface area contributed by atoms with E-state index in [1.54, 1.807) is 0 Å². The third-order valence-corrected chi connectivity index (χ3v) is 8.33. The van der Waals surface area contributed by atoms with E-state index in [4.69, 9.17) is 15.0 Å². The number of anilines is 2. The molecule has 200 valence electrons. The number of aromatic nitrogens is 4. The molecule has 1 aliphatic rings. The van der Waals surface area contributed by atoms with Crippen LogP contribution >= 0.6 is 11.3 Å². The van der Waals surface area contributed by atoms with Crippen molar-refractivity contribution in [2.75, 3.05) is 17.2 Å². The van der Waals surface area contributed by atoms with Crippen LogP contribution in [0.15, 0.2) is 30.3 Å². The molecule has 1 saturated carbocycles. The van der Waals surface area contributed by atoms with E-state index in [-0.39, 0.29) is 19.1 Å². The Kier molecular flexibility index (Phi) is 7.08. The first-order valence-electron chi connectivity index (χ1n) is 12.8. The summed E-state index contributed by atoms with van der Waals surface area (Å²) in [5, 5.41) is 39.1. The number of pyridine rings is 1. The number of nitrogens with zero attached hydrogens (tertiary/aromatic N) is 4. The molecule has 0 bridgehead atoms. The minimum atomic E-state index is -1.65. The summed E-state index contributed by atoms with van der Waals surface area (Å²) in [6, 6.07) is 10.2. The van der Waals surface area contributed by atoms with Crippen molar-refractivity contribution in [1.29, 1.82) is 0 Å². The maximum Gasteiger partial charge on any atom is 0.225 e. The van der Waals surface area contributed by atoms with E-state index >= 15 is 0 Å². The van der Waals surface area contributed by atoms with Gasteiger partial charge in [0.2, 0.25) is 5.95 Å². The van der Waals surface area contributed by atoms with Gasteiger partial charge >= 0.3 is 0 Å². The van der Waals surface area contributed by atoms with Crippen LogP contribution in [-0.2, 0) is 0 Å². The van der Waals surface area contributed by atoms with Gasteiger partial charge in [0.05, 0.1) is 27.7 Å². The van der Waals surface area contributed by atoms with Crippen molar-refractivity contribution in [3.05, 3.63) is 58.5 Å². The van der Waals surface area contributed by atoms with Crippen LogP contribution in [0.5, 0.6) is 0 Å². The quantitative estimate of drug-likeness (QED) is 0.218. The summed E-state index contributed by atoms with van der Waals surface area (Å²) in [4.78, 5) is 19.0. The zero-order valence-electron chi connectivity index (χ0n) is 22.3. The molecule has 9 nitrogen and oxygen atoms in total. The summed E-state index contributed by atoms with van der Waals surface area (Å²) in [7, 11) is 0. The van der Waals surface area contributed by atoms with E-state index in [9.17, 15) is 15.3 Å². The zero-order chi connectivity index (χ0) is 27.2. The predicted octanol–water partition coefficient (Wildman–Crippen LogP) is 4.42. The SMILES string of the molecule is Cc1ccc(C(C)Nc2nc(C)c(-c3nc4c(C)nc(C)cc4s3)c(NC3(O)CCC(CO)C3O)n2)cc1. The van der Waals surface area contributed by atoms with Crippen molar-refractivity contribution in [2.24, 2.45) is 5.92 Å². The second kappa shape index (κ2) is 10.2. The van der Waals surface area contributed by atoms with Gasteiger partial charge in [-0.05, 0) is 59.1 Å². The molecule has 5 N–H and O–H groups in total. The van der Waals surface area contributed by atoms with Crippen LogP contribution in [0.1, 0.15) is 54.0 Å². The molecule has 0 aliphatic heterocycles. The molecule has 10 heteroatoms. The Labute approximate surface area is 226 Å². The number of aliphatic hydroxyl groups is 3. The second-order valence-electron chi connectivity index (χ2n) is 10.3. The third-order valence-electron chi connectivity index (χ3n) is 7.31. The van der Waals surface area contributed by atoms with Gasteiger partial charge < -0.3 is 26.0 Å². The first-order valence-corrected chi connectivity index (χ1v) is 13.7. The topological polar surface area (TPSA) is 136 Å². The Morgan fingerprint density at radius 3 is 2.47 bits per heavy atom. The summed E-state index contributed by atoms with van der Waals surface area (Å²) >= 11 is 1.51. The molecule has 1 aliphatic carbocycles. The molecule has 4 atom stereocenters. The van der Waals surface area contributed by atoms with Crippen LogP contribution in [-0.4, -0.2) is 53.7 Å². The van der Waals surface area contributed by atoms with Gasteiger partial charge in [0.15, 0.2) is 5.72 Å². The summed E-state index contributed by atoms with van der Waals surface area (Å²) in [5.41, 5.74) is 4.54. The molecule has 3 aromatic heterocycles. The molecular weight excluding hydrogens is 500 g/mol. The standard InChI is InChI=1S/C28H34N6O3S/c1-14-6-8-19(9-7-14)16(3)30-27-31-17(4)22(26-32-23-18(5)29-15(2)12-21(23)38-26)25(33-27)34-28(37)11-10-20(13-35)24(28)36/h6-9,12,16,20,24,35-37H,10-11,13H2,1-5H3,(H2,30,31,33,34). The smallest absolute Gasteiger partial charge is 0.225 e. The summed E-state index contributed by atoms with van der Waals surface area (Å²) in [6.45, 7) is 9.67. The fraction of sp³-hybridized carbons (Fsp3) is 0.429. The minimum Gasteiger partial charge on any atom is -0.396 e. The lowest BCUT2D eigenvalue weighted by Crippen LogP contribution is -2.48. The predicted molar refractivity (Wildman–Crippen MR) is 150 cm³/mol. The van der Waals surface area contributed by atoms with Crippen molar-refractivity contribution in [1.82, 2.24) is 19.9 Å². The number of aliphatic hydroxyl groups excluding tert-OH is 2. The molecule has 4 aromatic rings. The highest BCUT2D eigenvalue weighted by Gasteiger charge is 2.47. The molecule has 0 amide bonds. The van der Waals surface area contributed by atoms with E-state index < -0.39 is 17.7 Å². The monoisotopic (exact) mass is 534 g/mol. The minimum absolute atomic E-state index is 0.0632. The molecule has 38 heavy (non-hydrogen) atoms. The molecule has 3 heterocycles. The van der Waals surface area contributed by atoms with Crippen molar-refractivity contribution < 1.29 is 15.3 Å². The maximum absolute atomic E-state index is 11.4. The van der Waals surface area contributed by atoms with Crippen molar-refractivity contribution >= 4 is 33.3 Å². The number of fused-ring (bicyclic) bond motifs is 1. The van der Waals surface area contributed by atoms with Crippen LogP contribution in [0, 0.1) is 33.6 Å². The van der Waals surface area contributed by atoms with Crippen LogP contribution in [0.25, 0.3) is 20.8 Å². The number of hydrogen-bond acceptors (Lipinski definition) is 10. The maximum atomic E-state index is 11.4. The normalized spacial score (nSPS) is 22.1. The van der Waals surface area contributed by atoms with E-state index in [2.05, 4.69) is 46.8 Å². The highest BCUT2D eigenvalue weighted by atomic mass is 32.1. The van der Waals surface area contributed by atoms with Gasteiger partial charge in [-0.3, -0.25) is 4.98 Å². The van der Waals surface area contributed by atoms with Crippen LogP contribution in [0.4, 0.5) is 11.8 Å². The van der Waals surface area contributed by atoms with Gasteiger partial charge in [-0.15, -0.1) is 11.3 Å². The average Bonchev–Trinajstić information content (AvgIpc) is 3.40. The van der Waals surface area contributed by atoms with E-state index in [0.717, 1.165) is 27.2 Å².